The minimum absolute atomic E-state index is 0.416. The van der Waals surface area contributed by atoms with Gasteiger partial charge in [-0.2, -0.15) is 0 Å². The number of nitrogens with zero attached hydrogens (tertiary/aromatic N) is 1. The monoisotopic (exact) mass is 114 g/mol. The molecule has 2 nitrogen and oxygen atoms in total. The Kier molecular flexibility index (Phi) is 1.86. The zero-order chi connectivity index (χ0) is 5.98. The summed E-state index contributed by atoms with van der Waals surface area (Å²) in [6.45, 7) is 5.78. The van der Waals surface area contributed by atoms with Crippen molar-refractivity contribution in [3.05, 3.63) is 0 Å². The smallest absolute Gasteiger partial charge is 0.0634 e. The molecule has 1 aliphatic heterocycles. The van der Waals surface area contributed by atoms with Crippen molar-refractivity contribution in [2.45, 2.75) is 25.9 Å². The van der Waals surface area contributed by atoms with Crippen LogP contribution in [0.3, 0.4) is 0 Å². The summed E-state index contributed by atoms with van der Waals surface area (Å²) >= 11 is 0. The van der Waals surface area contributed by atoms with Crippen molar-refractivity contribution in [3.8, 4) is 0 Å². The maximum absolute atomic E-state index is 5.20. The predicted molar refractivity (Wildman–Crippen MR) is 31.9 cm³/mol. The average molecular weight is 114 g/mol. The van der Waals surface area contributed by atoms with Crippen LogP contribution in [0, 0.1) is 0 Å². The van der Waals surface area contributed by atoms with Gasteiger partial charge in [-0.15, -0.1) is 0 Å². The minimum Gasteiger partial charge on any atom is -0.378 e. The highest BCUT2D eigenvalue weighted by Crippen LogP contribution is 1.98. The van der Waals surface area contributed by atoms with Crippen LogP contribution in [0.2, 0.25) is 0 Å². The van der Waals surface area contributed by atoms with E-state index in [9.17, 15) is 0 Å². The largest absolute Gasteiger partial charge is 0.378 e. The van der Waals surface area contributed by atoms with Crippen molar-refractivity contribution in [1.29, 1.82) is 0 Å². The third kappa shape index (κ3) is 1.46. The third-order valence-corrected chi connectivity index (χ3v) is 1.23. The first-order valence-corrected chi connectivity index (χ1v) is 3.06. The molecule has 0 bridgehead atoms. The van der Waals surface area contributed by atoms with Gasteiger partial charge in [-0.05, 0) is 13.8 Å². The molecule has 47 valence electrons. The summed E-state index contributed by atoms with van der Waals surface area (Å²) in [4.78, 5) is 0. The van der Waals surface area contributed by atoms with Gasteiger partial charge in [0.1, 0.15) is 0 Å². The SMILES string of the molecule is CC1COCC(C)[N]1. The summed E-state index contributed by atoms with van der Waals surface area (Å²) < 4.78 is 5.20. The molecule has 2 atom stereocenters. The predicted octanol–water partition coefficient (Wildman–Crippen LogP) is 0.398. The Balaban J connectivity index is 2.23. The van der Waals surface area contributed by atoms with Crippen LogP contribution in [0.25, 0.3) is 0 Å². The molecule has 2 heteroatoms. The molecular weight excluding hydrogens is 102 g/mol. The fraction of sp³-hybridized carbons (Fsp3) is 1.00. The van der Waals surface area contributed by atoms with Crippen molar-refractivity contribution in [3.63, 3.8) is 0 Å². The van der Waals surface area contributed by atoms with E-state index in [0.29, 0.717) is 12.1 Å². The number of hydrogen-bond donors (Lipinski definition) is 0. The molecular formula is C6H12NO. The van der Waals surface area contributed by atoms with Gasteiger partial charge in [0.05, 0.1) is 13.2 Å². The molecule has 0 spiro atoms. The lowest BCUT2D eigenvalue weighted by Gasteiger charge is -2.23. The van der Waals surface area contributed by atoms with E-state index < -0.39 is 0 Å². The van der Waals surface area contributed by atoms with Crippen LogP contribution >= 0.6 is 0 Å². The summed E-state index contributed by atoms with van der Waals surface area (Å²) in [6, 6.07) is 0.831. The van der Waals surface area contributed by atoms with Crippen molar-refractivity contribution in [1.82, 2.24) is 5.32 Å². The summed E-state index contributed by atoms with van der Waals surface area (Å²) in [5.41, 5.74) is 0. The fourth-order valence-electron chi connectivity index (χ4n) is 0.930. The first-order valence-electron chi connectivity index (χ1n) is 3.06. The fourth-order valence-corrected chi connectivity index (χ4v) is 0.930. The molecule has 1 aliphatic rings. The van der Waals surface area contributed by atoms with Crippen LogP contribution in [0.5, 0.6) is 0 Å². The van der Waals surface area contributed by atoms with Gasteiger partial charge < -0.3 is 4.74 Å². The maximum Gasteiger partial charge on any atom is 0.0634 e. The minimum atomic E-state index is 0.416. The van der Waals surface area contributed by atoms with E-state index in [1.807, 2.05) is 0 Å². The average Bonchev–Trinajstić information content (AvgIpc) is 1.64. The second-order valence-electron chi connectivity index (χ2n) is 2.38. The molecule has 0 aromatic rings. The second kappa shape index (κ2) is 2.46. The second-order valence-corrected chi connectivity index (χ2v) is 2.38. The molecule has 1 heterocycles. The van der Waals surface area contributed by atoms with Gasteiger partial charge in [-0.3, -0.25) is 0 Å². The van der Waals surface area contributed by atoms with Crippen molar-refractivity contribution >= 4 is 0 Å². The van der Waals surface area contributed by atoms with Gasteiger partial charge >= 0.3 is 0 Å². The quantitative estimate of drug-likeness (QED) is 0.447. The Morgan fingerprint density at radius 2 is 1.75 bits per heavy atom. The van der Waals surface area contributed by atoms with E-state index in [1.165, 1.54) is 0 Å². The molecule has 0 aromatic heterocycles. The van der Waals surface area contributed by atoms with E-state index in [4.69, 9.17) is 4.74 Å². The van der Waals surface area contributed by atoms with E-state index in [0.717, 1.165) is 13.2 Å². The van der Waals surface area contributed by atoms with Crippen molar-refractivity contribution in [2.24, 2.45) is 0 Å². The molecule has 0 aromatic carbocycles. The van der Waals surface area contributed by atoms with Crippen LogP contribution < -0.4 is 5.32 Å². The molecule has 8 heavy (non-hydrogen) atoms. The van der Waals surface area contributed by atoms with Crippen LogP contribution in [0.4, 0.5) is 0 Å². The Morgan fingerprint density at radius 3 is 2.00 bits per heavy atom. The molecule has 0 amide bonds. The zero-order valence-electron chi connectivity index (χ0n) is 5.42. The maximum atomic E-state index is 5.20. The highest BCUT2D eigenvalue weighted by molar-refractivity contribution is 4.70. The molecule has 0 N–H and O–H groups in total. The number of ether oxygens (including phenoxy) is 1. The number of morpholine rings is 1. The standard InChI is InChI=1S/C6H12NO/c1-5-3-8-4-6(2)7-5/h5-6H,3-4H2,1-2H3. The van der Waals surface area contributed by atoms with Crippen molar-refractivity contribution in [2.75, 3.05) is 13.2 Å². The lowest BCUT2D eigenvalue weighted by Crippen LogP contribution is -2.39. The van der Waals surface area contributed by atoms with E-state index in [2.05, 4.69) is 19.2 Å². The zero-order valence-corrected chi connectivity index (χ0v) is 5.42. The van der Waals surface area contributed by atoms with Gasteiger partial charge in [0, 0.05) is 12.1 Å². The van der Waals surface area contributed by atoms with Crippen LogP contribution in [0.1, 0.15) is 13.8 Å². The van der Waals surface area contributed by atoms with Gasteiger partial charge in [-0.1, -0.05) is 0 Å². The number of hydrogen-bond acceptors (Lipinski definition) is 1. The summed E-state index contributed by atoms with van der Waals surface area (Å²) in [6.07, 6.45) is 0. The van der Waals surface area contributed by atoms with Crippen LogP contribution in [-0.4, -0.2) is 25.3 Å². The Labute approximate surface area is 50.2 Å². The summed E-state index contributed by atoms with van der Waals surface area (Å²) in [7, 11) is 0. The van der Waals surface area contributed by atoms with Gasteiger partial charge in [0.15, 0.2) is 0 Å². The van der Waals surface area contributed by atoms with E-state index in [1.54, 1.807) is 0 Å². The van der Waals surface area contributed by atoms with E-state index in [-0.39, 0.29) is 0 Å². The first-order chi connectivity index (χ1) is 3.79. The molecule has 1 saturated heterocycles. The third-order valence-electron chi connectivity index (χ3n) is 1.23. The van der Waals surface area contributed by atoms with Gasteiger partial charge in [-0.25, -0.2) is 5.32 Å². The molecule has 1 radical (unpaired) electrons. The summed E-state index contributed by atoms with van der Waals surface area (Å²) in [5, 5.41) is 4.36. The normalized spacial score (nSPS) is 39.8. The highest BCUT2D eigenvalue weighted by Gasteiger charge is 2.14. The Bertz CT molecular complexity index is 66.9. The molecule has 2 unspecified atom stereocenters. The van der Waals surface area contributed by atoms with E-state index >= 15 is 0 Å². The highest BCUT2D eigenvalue weighted by atomic mass is 16.5. The molecule has 1 rings (SSSR count). The van der Waals surface area contributed by atoms with Gasteiger partial charge in [0.25, 0.3) is 0 Å². The topological polar surface area (TPSA) is 23.3 Å². The molecule has 0 aliphatic carbocycles. The van der Waals surface area contributed by atoms with Crippen LogP contribution in [0.15, 0.2) is 0 Å². The Morgan fingerprint density at radius 1 is 1.25 bits per heavy atom. The number of rotatable bonds is 0. The van der Waals surface area contributed by atoms with Gasteiger partial charge in [0.2, 0.25) is 0 Å². The first kappa shape index (κ1) is 6.05. The molecule has 1 fully saturated rings. The lowest BCUT2D eigenvalue weighted by molar-refractivity contribution is 0.0533. The van der Waals surface area contributed by atoms with Crippen LogP contribution in [-0.2, 0) is 4.74 Å². The molecule has 0 saturated carbocycles. The lowest BCUT2D eigenvalue weighted by atomic mass is 10.2. The Hall–Kier alpha value is -0.0800. The summed E-state index contributed by atoms with van der Waals surface area (Å²) in [5.74, 6) is 0. The van der Waals surface area contributed by atoms with Crippen molar-refractivity contribution < 1.29 is 4.74 Å².